The molecule has 144 valence electrons. The summed E-state index contributed by atoms with van der Waals surface area (Å²) in [5, 5.41) is 0. The predicted octanol–water partition coefficient (Wildman–Crippen LogP) is 1.66. The van der Waals surface area contributed by atoms with Crippen molar-refractivity contribution in [3.8, 4) is 11.5 Å². The number of hydrazine groups is 1. The maximum absolute atomic E-state index is 12.1. The van der Waals surface area contributed by atoms with E-state index < -0.39 is 10.0 Å². The summed E-state index contributed by atoms with van der Waals surface area (Å²) in [7, 11) is -1.91. The number of anilines is 1. The lowest BCUT2D eigenvalue weighted by atomic mass is 10.3. The molecule has 1 aliphatic rings. The minimum absolute atomic E-state index is 0.0535. The molecule has 0 spiro atoms. The second kappa shape index (κ2) is 8.28. The highest BCUT2D eigenvalue weighted by molar-refractivity contribution is 7.89. The third-order valence-electron chi connectivity index (χ3n) is 3.84. The van der Waals surface area contributed by atoms with E-state index >= 15 is 0 Å². The molecular formula is C18H21N3O5S. The van der Waals surface area contributed by atoms with Gasteiger partial charge in [-0.3, -0.25) is 15.6 Å². The second-order valence-electron chi connectivity index (χ2n) is 6.06. The summed E-state index contributed by atoms with van der Waals surface area (Å²) in [6.07, 6.45) is 1.76. The van der Waals surface area contributed by atoms with E-state index in [0.29, 0.717) is 17.2 Å². The molecule has 0 heterocycles. The maximum Gasteiger partial charge on any atom is 0.276 e. The van der Waals surface area contributed by atoms with Crippen molar-refractivity contribution < 1.29 is 22.7 Å². The Hall–Kier alpha value is -2.78. The molecule has 1 aliphatic carbocycles. The highest BCUT2D eigenvalue weighted by Crippen LogP contribution is 2.22. The van der Waals surface area contributed by atoms with Crippen LogP contribution in [0.4, 0.5) is 5.69 Å². The van der Waals surface area contributed by atoms with E-state index in [1.807, 2.05) is 0 Å². The number of methoxy groups -OCH3 is 1. The van der Waals surface area contributed by atoms with Crippen LogP contribution >= 0.6 is 0 Å². The number of carbonyl (C=O) groups excluding carboxylic acids is 1. The third kappa shape index (κ3) is 5.60. The second-order valence-corrected chi connectivity index (χ2v) is 7.77. The molecule has 9 heteroatoms. The number of rotatable bonds is 9. The fraction of sp³-hybridized carbons (Fsp3) is 0.278. The normalized spacial score (nSPS) is 13.7. The molecule has 1 saturated carbocycles. The van der Waals surface area contributed by atoms with Crippen molar-refractivity contribution in [3.63, 3.8) is 0 Å². The standard InChI is InChI=1S/C18H21N3O5S/c1-25-15-6-8-16(9-7-15)26-12-18(22)20-19-13-4-10-17(11-5-13)27(23,24)21-14-2-3-14/h4-11,14,19,21H,2-3,12H2,1H3,(H,20,22). The monoisotopic (exact) mass is 391 g/mol. The van der Waals surface area contributed by atoms with E-state index in [2.05, 4.69) is 15.6 Å². The minimum Gasteiger partial charge on any atom is -0.497 e. The number of nitrogens with one attached hydrogen (secondary N) is 3. The average molecular weight is 391 g/mol. The topological polar surface area (TPSA) is 106 Å². The van der Waals surface area contributed by atoms with Crippen LogP contribution < -0.4 is 25.0 Å². The van der Waals surface area contributed by atoms with Crippen LogP contribution in [0.2, 0.25) is 0 Å². The Morgan fingerprint density at radius 1 is 1.04 bits per heavy atom. The minimum atomic E-state index is -3.48. The molecule has 0 aromatic heterocycles. The first kappa shape index (κ1) is 19.0. The lowest BCUT2D eigenvalue weighted by Gasteiger charge is -2.11. The van der Waals surface area contributed by atoms with Crippen LogP contribution in [0, 0.1) is 0 Å². The third-order valence-corrected chi connectivity index (χ3v) is 5.38. The van der Waals surface area contributed by atoms with Crippen LogP contribution in [-0.2, 0) is 14.8 Å². The van der Waals surface area contributed by atoms with E-state index in [-0.39, 0.29) is 23.5 Å². The van der Waals surface area contributed by atoms with E-state index in [4.69, 9.17) is 9.47 Å². The fourth-order valence-electron chi connectivity index (χ4n) is 2.20. The van der Waals surface area contributed by atoms with E-state index in [1.54, 1.807) is 43.5 Å². The summed E-state index contributed by atoms with van der Waals surface area (Å²) in [5.41, 5.74) is 5.76. The number of amides is 1. The molecule has 0 atom stereocenters. The number of carbonyl (C=O) groups is 1. The summed E-state index contributed by atoms with van der Waals surface area (Å²) in [5.74, 6) is 0.868. The van der Waals surface area contributed by atoms with Gasteiger partial charge in [-0.2, -0.15) is 0 Å². The molecule has 8 nitrogen and oxygen atoms in total. The molecule has 2 aromatic carbocycles. The largest absolute Gasteiger partial charge is 0.497 e. The molecule has 27 heavy (non-hydrogen) atoms. The average Bonchev–Trinajstić information content (AvgIpc) is 3.48. The Bertz CT molecular complexity index is 878. The first-order chi connectivity index (χ1) is 13.0. The molecule has 0 radical (unpaired) electrons. The van der Waals surface area contributed by atoms with Crippen molar-refractivity contribution in [2.24, 2.45) is 0 Å². The Kier molecular flexibility index (Phi) is 5.82. The Morgan fingerprint density at radius 3 is 2.26 bits per heavy atom. The van der Waals surface area contributed by atoms with Gasteiger partial charge in [0.05, 0.1) is 17.7 Å². The van der Waals surface area contributed by atoms with Crippen molar-refractivity contribution in [3.05, 3.63) is 48.5 Å². The summed E-state index contributed by atoms with van der Waals surface area (Å²) in [6.45, 7) is -0.170. The first-order valence-corrected chi connectivity index (χ1v) is 9.89. The zero-order chi connectivity index (χ0) is 19.3. The van der Waals surface area contributed by atoms with Crippen molar-refractivity contribution in [2.45, 2.75) is 23.8 Å². The quantitative estimate of drug-likeness (QED) is 0.562. The van der Waals surface area contributed by atoms with E-state index in [0.717, 1.165) is 12.8 Å². The van der Waals surface area contributed by atoms with Crippen molar-refractivity contribution in [1.82, 2.24) is 10.1 Å². The fourth-order valence-corrected chi connectivity index (χ4v) is 3.51. The van der Waals surface area contributed by atoms with Gasteiger partial charge < -0.3 is 9.47 Å². The van der Waals surface area contributed by atoms with Crippen LogP contribution in [-0.4, -0.2) is 34.1 Å². The molecule has 1 amide bonds. The van der Waals surface area contributed by atoms with Gasteiger partial charge in [0.25, 0.3) is 5.91 Å². The molecule has 0 unspecified atom stereocenters. The molecule has 0 saturated heterocycles. The van der Waals surface area contributed by atoms with Crippen molar-refractivity contribution in [1.29, 1.82) is 0 Å². The number of sulfonamides is 1. The van der Waals surface area contributed by atoms with Gasteiger partial charge in [0.1, 0.15) is 11.5 Å². The molecule has 3 rings (SSSR count). The SMILES string of the molecule is COc1ccc(OCC(=O)NNc2ccc(S(=O)(=O)NC3CC3)cc2)cc1. The molecule has 0 aliphatic heterocycles. The number of hydrogen-bond acceptors (Lipinski definition) is 6. The van der Waals surface area contributed by atoms with Crippen LogP contribution in [0.15, 0.2) is 53.4 Å². The summed E-state index contributed by atoms with van der Waals surface area (Å²) in [6, 6.07) is 13.0. The van der Waals surface area contributed by atoms with Gasteiger partial charge in [-0.25, -0.2) is 13.1 Å². The van der Waals surface area contributed by atoms with Crippen molar-refractivity contribution in [2.75, 3.05) is 19.1 Å². The highest BCUT2D eigenvalue weighted by atomic mass is 32.2. The Labute approximate surface area is 157 Å². The highest BCUT2D eigenvalue weighted by Gasteiger charge is 2.27. The lowest BCUT2D eigenvalue weighted by molar-refractivity contribution is -0.122. The number of ether oxygens (including phenoxy) is 2. The molecule has 3 N–H and O–H groups in total. The van der Waals surface area contributed by atoms with Gasteiger partial charge in [-0.1, -0.05) is 0 Å². The van der Waals surface area contributed by atoms with Gasteiger partial charge in [-0.15, -0.1) is 0 Å². The summed E-state index contributed by atoms with van der Waals surface area (Å²) >= 11 is 0. The van der Waals surface area contributed by atoms with Crippen LogP contribution in [0.1, 0.15) is 12.8 Å². The van der Waals surface area contributed by atoms with Gasteiger partial charge in [0, 0.05) is 6.04 Å². The predicted molar refractivity (Wildman–Crippen MR) is 100 cm³/mol. The summed E-state index contributed by atoms with van der Waals surface area (Å²) in [4.78, 5) is 12.0. The molecule has 0 bridgehead atoms. The Morgan fingerprint density at radius 2 is 1.67 bits per heavy atom. The van der Waals surface area contributed by atoms with Crippen LogP contribution in [0.5, 0.6) is 11.5 Å². The molecule has 1 fully saturated rings. The van der Waals surface area contributed by atoms with Crippen LogP contribution in [0.3, 0.4) is 0 Å². The number of hydrogen-bond donors (Lipinski definition) is 3. The summed E-state index contributed by atoms with van der Waals surface area (Å²) < 4.78 is 37.2. The van der Waals surface area contributed by atoms with Crippen LogP contribution in [0.25, 0.3) is 0 Å². The smallest absolute Gasteiger partial charge is 0.276 e. The zero-order valence-corrected chi connectivity index (χ0v) is 15.6. The number of benzene rings is 2. The molecule has 2 aromatic rings. The van der Waals surface area contributed by atoms with E-state index in [1.165, 1.54) is 12.1 Å². The van der Waals surface area contributed by atoms with Gasteiger partial charge in [0.15, 0.2) is 6.61 Å². The van der Waals surface area contributed by atoms with Gasteiger partial charge >= 0.3 is 0 Å². The Balaban J connectivity index is 1.45. The van der Waals surface area contributed by atoms with Gasteiger partial charge in [0.2, 0.25) is 10.0 Å². The maximum atomic E-state index is 12.1. The van der Waals surface area contributed by atoms with Gasteiger partial charge in [-0.05, 0) is 61.4 Å². The van der Waals surface area contributed by atoms with Crippen molar-refractivity contribution >= 4 is 21.6 Å². The molecular weight excluding hydrogens is 370 g/mol. The first-order valence-electron chi connectivity index (χ1n) is 8.40. The lowest BCUT2D eigenvalue weighted by Crippen LogP contribution is -2.33. The van der Waals surface area contributed by atoms with E-state index in [9.17, 15) is 13.2 Å². The zero-order valence-electron chi connectivity index (χ0n) is 14.8.